The van der Waals surface area contributed by atoms with E-state index in [-0.39, 0.29) is 38.6 Å². The summed E-state index contributed by atoms with van der Waals surface area (Å²) in [5, 5.41) is 33.5. The Kier molecular flexibility index (Phi) is 4.96. The number of carbonyl (C=O) groups is 3. The van der Waals surface area contributed by atoms with Crippen LogP contribution in [0.3, 0.4) is 0 Å². The Labute approximate surface area is 198 Å². The van der Waals surface area contributed by atoms with E-state index in [1.54, 1.807) is 24.3 Å². The molecule has 0 saturated carbocycles. The minimum absolute atomic E-state index is 0.0218. The van der Waals surface area contributed by atoms with E-state index in [0.717, 1.165) is 0 Å². The van der Waals surface area contributed by atoms with Gasteiger partial charge in [0.25, 0.3) is 0 Å². The molecule has 7 heteroatoms. The van der Waals surface area contributed by atoms with Crippen LogP contribution >= 0.6 is 11.6 Å². The highest BCUT2D eigenvalue weighted by Gasteiger charge is 2.39. The molecule has 0 unspecified atom stereocenters. The van der Waals surface area contributed by atoms with Gasteiger partial charge in [0, 0.05) is 32.5 Å². The van der Waals surface area contributed by atoms with Crippen molar-refractivity contribution >= 4 is 45.3 Å². The zero-order valence-electron chi connectivity index (χ0n) is 17.4. The Morgan fingerprint density at radius 2 is 1.12 bits per heavy atom. The summed E-state index contributed by atoms with van der Waals surface area (Å²) in [7, 11) is 0. The lowest BCUT2D eigenvalue weighted by atomic mass is 9.79. The molecule has 0 aromatic heterocycles. The van der Waals surface area contributed by atoms with Gasteiger partial charge in [-0.1, -0.05) is 72.3 Å². The van der Waals surface area contributed by atoms with E-state index in [1.165, 1.54) is 48.5 Å². The molecular weight excluding hydrogens is 456 g/mol. The monoisotopic (exact) mass is 470 g/mol. The van der Waals surface area contributed by atoms with Crippen LogP contribution in [0.25, 0.3) is 16.3 Å². The Bertz CT molecular complexity index is 1580. The van der Waals surface area contributed by atoms with E-state index >= 15 is 0 Å². The van der Waals surface area contributed by atoms with Crippen molar-refractivity contribution in [2.45, 2.75) is 0 Å². The summed E-state index contributed by atoms with van der Waals surface area (Å²) in [6.45, 7) is 0. The zero-order valence-corrected chi connectivity index (χ0v) is 18.1. The Morgan fingerprint density at radius 1 is 0.588 bits per heavy atom. The summed E-state index contributed by atoms with van der Waals surface area (Å²) in [5.41, 5.74) is -0.822. The predicted octanol–water partition coefficient (Wildman–Crippen LogP) is 5.06. The number of phenols is 3. The van der Waals surface area contributed by atoms with Gasteiger partial charge in [-0.05, 0) is 17.7 Å². The molecule has 0 fully saturated rings. The van der Waals surface area contributed by atoms with E-state index in [1.807, 2.05) is 0 Å². The Hall–Kier alpha value is -4.42. The highest BCUT2D eigenvalue weighted by Crippen LogP contribution is 2.50. The number of ketones is 3. The maximum atomic E-state index is 13.5. The first-order valence-corrected chi connectivity index (χ1v) is 10.6. The summed E-state index contributed by atoms with van der Waals surface area (Å²) in [6, 6.07) is 18.2. The SMILES string of the molecule is O=C1C(=O)c2ccccc2C(=O)/C1=C(\c1ccc(Cl)cc1)c1c(O)c(O)c2ccccc2c1O. The van der Waals surface area contributed by atoms with Crippen LogP contribution in [0.5, 0.6) is 17.2 Å². The quantitative estimate of drug-likeness (QED) is 0.124. The highest BCUT2D eigenvalue weighted by atomic mass is 35.5. The number of phenolic OH excluding ortho intramolecular Hbond substituents is 3. The number of Topliss-reactive ketones (excluding diaryl/α,β-unsaturated/α-hetero) is 3. The van der Waals surface area contributed by atoms with Crippen LogP contribution in [-0.2, 0) is 4.79 Å². The third kappa shape index (κ3) is 3.08. The number of benzene rings is 4. The second-order valence-electron chi connectivity index (χ2n) is 7.76. The van der Waals surface area contributed by atoms with Crippen molar-refractivity contribution < 1.29 is 29.7 Å². The van der Waals surface area contributed by atoms with Crippen LogP contribution in [0.1, 0.15) is 31.8 Å². The number of aromatic hydroxyl groups is 3. The minimum Gasteiger partial charge on any atom is -0.507 e. The molecule has 34 heavy (non-hydrogen) atoms. The van der Waals surface area contributed by atoms with E-state index in [0.29, 0.717) is 5.02 Å². The number of fused-ring (bicyclic) bond motifs is 2. The minimum atomic E-state index is -1.08. The maximum absolute atomic E-state index is 13.5. The average molecular weight is 471 g/mol. The van der Waals surface area contributed by atoms with E-state index in [2.05, 4.69) is 0 Å². The molecule has 3 N–H and O–H groups in total. The molecule has 0 atom stereocenters. The van der Waals surface area contributed by atoms with Gasteiger partial charge in [-0.3, -0.25) is 14.4 Å². The maximum Gasteiger partial charge on any atom is 0.238 e. The van der Waals surface area contributed by atoms with Crippen LogP contribution in [-0.4, -0.2) is 32.7 Å². The van der Waals surface area contributed by atoms with Crippen molar-refractivity contribution in [1.82, 2.24) is 0 Å². The molecule has 0 radical (unpaired) electrons. The van der Waals surface area contributed by atoms with Gasteiger partial charge < -0.3 is 15.3 Å². The van der Waals surface area contributed by atoms with Gasteiger partial charge in [0.1, 0.15) is 5.75 Å². The normalized spacial score (nSPS) is 14.9. The smallest absolute Gasteiger partial charge is 0.238 e. The van der Waals surface area contributed by atoms with Gasteiger partial charge in [0.2, 0.25) is 11.6 Å². The first kappa shape index (κ1) is 21.4. The molecule has 0 saturated heterocycles. The van der Waals surface area contributed by atoms with E-state index in [9.17, 15) is 29.7 Å². The summed E-state index contributed by atoms with van der Waals surface area (Å²) in [6.07, 6.45) is 0. The molecule has 0 spiro atoms. The summed E-state index contributed by atoms with van der Waals surface area (Å²) >= 11 is 6.02. The molecule has 1 aliphatic rings. The first-order valence-electron chi connectivity index (χ1n) is 10.2. The highest BCUT2D eigenvalue weighted by molar-refractivity contribution is 6.61. The second kappa shape index (κ2) is 7.86. The molecule has 4 aromatic rings. The lowest BCUT2D eigenvalue weighted by molar-refractivity contribution is -0.111. The van der Waals surface area contributed by atoms with Gasteiger partial charge in [0.15, 0.2) is 17.3 Å². The molecule has 6 nitrogen and oxygen atoms in total. The van der Waals surface area contributed by atoms with Crippen molar-refractivity contribution in [2.75, 3.05) is 0 Å². The molecule has 4 aromatic carbocycles. The number of carbonyl (C=O) groups excluding carboxylic acids is 3. The largest absolute Gasteiger partial charge is 0.507 e. The molecule has 1 aliphatic carbocycles. The van der Waals surface area contributed by atoms with Crippen molar-refractivity contribution in [3.63, 3.8) is 0 Å². The fourth-order valence-corrected chi connectivity index (χ4v) is 4.36. The van der Waals surface area contributed by atoms with Gasteiger partial charge in [-0.25, -0.2) is 0 Å². The standard InChI is InChI=1S/C27H15ClO6/c28-14-11-9-13(10-12-14)19(20-22(29)15-5-1-3-7-17(15)24(31)26(20)33)21-23(30)16-6-2-4-8-18(16)25(32)27(21)34/h1-12,29,31,33H/b21-19-. The third-order valence-corrected chi connectivity index (χ3v) is 6.10. The summed E-state index contributed by atoms with van der Waals surface area (Å²) in [4.78, 5) is 39.7. The molecule has 166 valence electrons. The van der Waals surface area contributed by atoms with Crippen molar-refractivity contribution in [1.29, 1.82) is 0 Å². The fourth-order valence-electron chi connectivity index (χ4n) is 4.24. The zero-order chi connectivity index (χ0) is 24.1. The van der Waals surface area contributed by atoms with Gasteiger partial charge in [-0.2, -0.15) is 0 Å². The molecule has 0 amide bonds. The average Bonchev–Trinajstić information content (AvgIpc) is 2.86. The number of hydrogen-bond acceptors (Lipinski definition) is 6. The third-order valence-electron chi connectivity index (χ3n) is 5.84. The van der Waals surface area contributed by atoms with Gasteiger partial charge in [-0.15, -0.1) is 0 Å². The fraction of sp³-hybridized carbons (Fsp3) is 0. The molecular formula is C27H15ClO6. The Balaban J connectivity index is 1.95. The summed E-state index contributed by atoms with van der Waals surface area (Å²) < 4.78 is 0. The van der Waals surface area contributed by atoms with Crippen molar-refractivity contribution in [3.05, 3.63) is 106 Å². The van der Waals surface area contributed by atoms with Crippen LogP contribution in [0, 0.1) is 0 Å². The Morgan fingerprint density at radius 3 is 1.74 bits per heavy atom. The topological polar surface area (TPSA) is 112 Å². The van der Waals surface area contributed by atoms with Crippen LogP contribution in [0.4, 0.5) is 0 Å². The van der Waals surface area contributed by atoms with Crippen LogP contribution < -0.4 is 0 Å². The van der Waals surface area contributed by atoms with Crippen LogP contribution in [0.2, 0.25) is 5.02 Å². The van der Waals surface area contributed by atoms with Crippen molar-refractivity contribution in [2.24, 2.45) is 0 Å². The number of hydrogen-bond donors (Lipinski definition) is 3. The van der Waals surface area contributed by atoms with E-state index < -0.39 is 40.2 Å². The lowest BCUT2D eigenvalue weighted by Crippen LogP contribution is -2.31. The summed E-state index contributed by atoms with van der Waals surface area (Å²) in [5.74, 6) is -4.45. The van der Waals surface area contributed by atoms with Gasteiger partial charge in [0.05, 0.1) is 11.1 Å². The van der Waals surface area contributed by atoms with Gasteiger partial charge >= 0.3 is 0 Å². The first-order chi connectivity index (χ1) is 16.3. The number of rotatable bonds is 2. The second-order valence-corrected chi connectivity index (χ2v) is 8.19. The van der Waals surface area contributed by atoms with E-state index in [4.69, 9.17) is 11.6 Å². The molecule has 0 heterocycles. The molecule has 0 aliphatic heterocycles. The number of halogens is 1. The lowest BCUT2D eigenvalue weighted by Gasteiger charge is -2.22. The van der Waals surface area contributed by atoms with Crippen LogP contribution in [0.15, 0.2) is 78.4 Å². The molecule has 5 rings (SSSR count). The number of allylic oxidation sites excluding steroid dienone is 1. The molecule has 0 bridgehead atoms. The van der Waals surface area contributed by atoms with Crippen molar-refractivity contribution in [3.8, 4) is 17.2 Å². The predicted molar refractivity (Wildman–Crippen MR) is 127 cm³/mol.